The zero-order chi connectivity index (χ0) is 36.8. The van der Waals surface area contributed by atoms with Gasteiger partial charge >= 0.3 is 19.5 Å². The Kier molecular flexibility index (Phi) is 10.4. The second-order valence-electron chi connectivity index (χ2n) is 11.8. The first-order chi connectivity index (χ1) is 25.0. The Morgan fingerprint density at radius 3 is 1.73 bits per heavy atom. The molecule has 2 atom stereocenters. The van der Waals surface area contributed by atoms with E-state index in [4.69, 9.17) is 18.7 Å². The molecule has 0 aliphatic carbocycles. The largest absolute Gasteiger partial charge is 0.508 e. The minimum absolute atomic E-state index is 0.00554. The second-order valence-corrected chi connectivity index (χ2v) is 14.1. The molecule has 0 spiro atoms. The van der Waals surface area contributed by atoms with Gasteiger partial charge < -0.3 is 18.7 Å². The molecule has 1 amide bonds. The molecule has 2 aliphatic heterocycles. The van der Waals surface area contributed by atoms with E-state index in [0.717, 1.165) is 0 Å². The number of benzene rings is 4. The molecule has 6 rings (SSSR count). The number of nitro groups is 2. The van der Waals surface area contributed by atoms with E-state index in [1.54, 1.807) is 60.7 Å². The number of rotatable bonds is 14. The van der Waals surface area contributed by atoms with Crippen LogP contribution in [-0.4, -0.2) is 45.4 Å². The summed E-state index contributed by atoms with van der Waals surface area (Å²) in [5, 5.41) is 22.6. The number of esters is 1. The first-order valence-corrected chi connectivity index (χ1v) is 17.6. The molecule has 52 heavy (non-hydrogen) atoms. The van der Waals surface area contributed by atoms with E-state index < -0.39 is 47.2 Å². The van der Waals surface area contributed by atoms with Crippen molar-refractivity contribution >= 4 is 47.4 Å². The molecule has 4 aromatic rings. The van der Waals surface area contributed by atoms with E-state index in [0.29, 0.717) is 21.7 Å². The minimum atomic E-state index is -3.87. The van der Waals surface area contributed by atoms with E-state index in [-0.39, 0.29) is 55.5 Å². The van der Waals surface area contributed by atoms with Crippen molar-refractivity contribution in [2.45, 2.75) is 32.1 Å². The molecule has 0 aromatic heterocycles. The molecule has 1 fully saturated rings. The predicted molar refractivity (Wildman–Crippen MR) is 183 cm³/mol. The SMILES string of the molecule is O=C(OCC[C@@H]1C(=O)N2C(C(=O)OCc3ccc([N+](=O)[O-])cc3)=C(OP(=O)(c3ccccc3)c3ccccc3)C[C@H]12)OCc1ccc([N+](=O)[O-])cc1. The van der Waals surface area contributed by atoms with Gasteiger partial charge in [-0.25, -0.2) is 9.59 Å². The molecule has 15 nitrogen and oxygen atoms in total. The van der Waals surface area contributed by atoms with Crippen molar-refractivity contribution < 1.29 is 47.5 Å². The first kappa shape index (κ1) is 35.5. The standard InChI is InChI=1S/C36H30N3O12P/c40-34-30(19-20-48-36(42)50-23-25-13-17-27(18-14-25)39(45)46)31-21-32(51-52(47,28-7-3-1-4-8-28)29-9-5-2-6-10-29)33(37(31)34)35(41)49-22-24-11-15-26(16-12-24)38(43)44/h1-18,30-31H,19-23H2/t30-,31+/m0/s1. The number of fused-ring (bicyclic) bond motifs is 1. The summed E-state index contributed by atoms with van der Waals surface area (Å²) in [7, 11) is -3.87. The zero-order valence-corrected chi connectivity index (χ0v) is 28.2. The van der Waals surface area contributed by atoms with Crippen LogP contribution in [-0.2, 0) is 46.1 Å². The van der Waals surface area contributed by atoms with E-state index in [1.807, 2.05) is 0 Å². The summed E-state index contributed by atoms with van der Waals surface area (Å²) in [6.07, 6.45) is -0.898. The van der Waals surface area contributed by atoms with Crippen molar-refractivity contribution in [3.8, 4) is 0 Å². The fourth-order valence-corrected chi connectivity index (χ4v) is 8.01. The lowest BCUT2D eigenvalue weighted by Crippen LogP contribution is -2.58. The highest BCUT2D eigenvalue weighted by Gasteiger charge is 2.57. The van der Waals surface area contributed by atoms with Gasteiger partial charge in [-0.1, -0.05) is 36.4 Å². The molecule has 0 radical (unpaired) electrons. The molecule has 2 heterocycles. The molecular weight excluding hydrogens is 697 g/mol. The zero-order valence-electron chi connectivity index (χ0n) is 27.3. The summed E-state index contributed by atoms with van der Waals surface area (Å²) >= 11 is 0. The topological polar surface area (TPSA) is 195 Å². The van der Waals surface area contributed by atoms with Crippen molar-refractivity contribution in [2.75, 3.05) is 6.61 Å². The summed E-state index contributed by atoms with van der Waals surface area (Å²) < 4.78 is 36.9. The third-order valence-corrected chi connectivity index (χ3v) is 11.0. The number of amides is 1. The number of hydrogen-bond acceptors (Lipinski definition) is 12. The highest BCUT2D eigenvalue weighted by molar-refractivity contribution is 7.74. The molecule has 0 bridgehead atoms. The Labute approximate surface area is 296 Å². The Bertz CT molecular complexity index is 2030. The molecule has 4 aromatic carbocycles. The average molecular weight is 728 g/mol. The van der Waals surface area contributed by atoms with Gasteiger partial charge in [-0.05, 0) is 66.1 Å². The lowest BCUT2D eigenvalue weighted by atomic mass is 9.85. The minimum Gasteiger partial charge on any atom is -0.456 e. The van der Waals surface area contributed by atoms with Crippen LogP contribution < -0.4 is 10.6 Å². The van der Waals surface area contributed by atoms with Crippen molar-refractivity contribution in [3.63, 3.8) is 0 Å². The van der Waals surface area contributed by atoms with Crippen LogP contribution in [0.5, 0.6) is 0 Å². The van der Waals surface area contributed by atoms with Crippen molar-refractivity contribution in [1.82, 2.24) is 4.90 Å². The van der Waals surface area contributed by atoms with Crippen LogP contribution in [0.2, 0.25) is 0 Å². The number of nitro benzene ring substituents is 2. The van der Waals surface area contributed by atoms with Crippen LogP contribution >= 0.6 is 7.37 Å². The molecule has 266 valence electrons. The van der Waals surface area contributed by atoms with Gasteiger partial charge in [0.15, 0.2) is 5.70 Å². The van der Waals surface area contributed by atoms with Gasteiger partial charge in [0.25, 0.3) is 11.4 Å². The van der Waals surface area contributed by atoms with Crippen LogP contribution in [0.4, 0.5) is 16.2 Å². The molecule has 1 saturated heterocycles. The fraction of sp³-hybridized carbons (Fsp3) is 0.194. The summed E-state index contributed by atoms with van der Waals surface area (Å²) in [6, 6.07) is 27.2. The number of hydrogen-bond donors (Lipinski definition) is 0. The smallest absolute Gasteiger partial charge is 0.456 e. The van der Waals surface area contributed by atoms with E-state index >= 15 is 0 Å². The van der Waals surface area contributed by atoms with Gasteiger partial charge in [0.05, 0.1) is 39.0 Å². The van der Waals surface area contributed by atoms with Crippen molar-refractivity contribution in [2.24, 2.45) is 5.92 Å². The van der Waals surface area contributed by atoms with Gasteiger partial charge in [-0.15, -0.1) is 0 Å². The lowest BCUT2D eigenvalue weighted by molar-refractivity contribution is -0.385. The van der Waals surface area contributed by atoms with Gasteiger partial charge in [-0.3, -0.25) is 34.5 Å². The molecule has 16 heteroatoms. The van der Waals surface area contributed by atoms with Gasteiger partial charge in [0.1, 0.15) is 19.0 Å². The molecule has 0 saturated carbocycles. The Morgan fingerprint density at radius 2 is 1.23 bits per heavy atom. The monoisotopic (exact) mass is 727 g/mol. The van der Waals surface area contributed by atoms with Gasteiger partial charge in [-0.2, -0.15) is 0 Å². The average Bonchev–Trinajstić information content (AvgIpc) is 3.49. The van der Waals surface area contributed by atoms with Crippen molar-refractivity contribution in [3.05, 3.63) is 152 Å². The van der Waals surface area contributed by atoms with Crippen LogP contribution in [0, 0.1) is 26.1 Å². The third kappa shape index (κ3) is 7.54. The molecular formula is C36H30N3O12P. The van der Waals surface area contributed by atoms with Crippen LogP contribution in [0.15, 0.2) is 121 Å². The van der Waals surface area contributed by atoms with Gasteiger partial charge in [0, 0.05) is 30.7 Å². The predicted octanol–water partition coefficient (Wildman–Crippen LogP) is 5.68. The quantitative estimate of drug-likeness (QED) is 0.0508. The Balaban J connectivity index is 1.17. The summed E-state index contributed by atoms with van der Waals surface area (Å²) in [6.45, 7) is -0.647. The maximum atomic E-state index is 14.8. The number of carbonyl (C=O) groups is 3. The van der Waals surface area contributed by atoms with E-state index in [9.17, 15) is 39.2 Å². The maximum Gasteiger partial charge on any atom is 0.508 e. The highest BCUT2D eigenvalue weighted by Crippen LogP contribution is 2.53. The number of ether oxygens (including phenoxy) is 3. The normalized spacial score (nSPS) is 16.4. The van der Waals surface area contributed by atoms with Crippen LogP contribution in [0.1, 0.15) is 24.0 Å². The summed E-state index contributed by atoms with van der Waals surface area (Å²) in [5.74, 6) is -2.06. The van der Waals surface area contributed by atoms with E-state index in [1.165, 1.54) is 53.4 Å². The Hall–Kier alpha value is -6.34. The second kappa shape index (κ2) is 15.3. The van der Waals surface area contributed by atoms with Crippen molar-refractivity contribution in [1.29, 1.82) is 0 Å². The van der Waals surface area contributed by atoms with Gasteiger partial charge in [0.2, 0.25) is 5.91 Å². The number of non-ortho nitro benzene ring substituents is 2. The summed E-state index contributed by atoms with van der Waals surface area (Å²) in [5.41, 5.74) is 0.520. The third-order valence-electron chi connectivity index (χ3n) is 8.54. The lowest BCUT2D eigenvalue weighted by Gasteiger charge is -2.43. The maximum absolute atomic E-state index is 14.8. The molecule has 0 unspecified atom stereocenters. The van der Waals surface area contributed by atoms with Crippen LogP contribution in [0.3, 0.4) is 0 Å². The fourth-order valence-electron chi connectivity index (χ4n) is 5.90. The number of nitrogens with zero attached hydrogens (tertiary/aromatic N) is 3. The number of carbonyl (C=O) groups excluding carboxylic acids is 3. The Morgan fingerprint density at radius 1 is 0.731 bits per heavy atom. The first-order valence-electron chi connectivity index (χ1n) is 16.0. The van der Waals surface area contributed by atoms with Crippen LogP contribution in [0.25, 0.3) is 0 Å². The molecule has 0 N–H and O–H groups in total. The number of β-lactam (4-membered cyclic amide) rings is 1. The summed E-state index contributed by atoms with van der Waals surface area (Å²) in [4.78, 5) is 61.5. The van der Waals surface area contributed by atoms with E-state index in [2.05, 4.69) is 0 Å². The highest BCUT2D eigenvalue weighted by atomic mass is 31.2. The molecule has 2 aliphatic rings.